The zero-order chi connectivity index (χ0) is 11.6. The Labute approximate surface area is 97.2 Å². The number of nitrogens with one attached hydrogen (secondary N) is 1. The highest BCUT2D eigenvalue weighted by Crippen LogP contribution is 2.18. The van der Waals surface area contributed by atoms with E-state index < -0.39 is 10.0 Å². The molecular formula is C10H20N2O3S. The van der Waals surface area contributed by atoms with Gasteiger partial charge in [0.15, 0.2) is 0 Å². The minimum Gasteiger partial charge on any atom is -0.381 e. The fraction of sp³-hybridized carbons (Fsp3) is 1.00. The van der Waals surface area contributed by atoms with Crippen LogP contribution in [0, 0.1) is 5.92 Å². The number of nitrogens with zero attached hydrogens (tertiary/aromatic N) is 1. The molecule has 0 aromatic carbocycles. The molecule has 2 saturated heterocycles. The molecule has 2 aliphatic rings. The van der Waals surface area contributed by atoms with E-state index in [2.05, 4.69) is 5.32 Å². The molecule has 2 aliphatic heterocycles. The molecule has 5 nitrogen and oxygen atoms in total. The molecule has 0 aromatic rings. The maximum absolute atomic E-state index is 12.2. The third-order valence-corrected chi connectivity index (χ3v) is 5.42. The summed E-state index contributed by atoms with van der Waals surface area (Å²) in [5.74, 6) is 0.434. The molecule has 2 atom stereocenters. The van der Waals surface area contributed by atoms with Crippen molar-refractivity contribution in [3.8, 4) is 0 Å². The highest BCUT2D eigenvalue weighted by molar-refractivity contribution is 7.89. The lowest BCUT2D eigenvalue weighted by Crippen LogP contribution is -2.53. The van der Waals surface area contributed by atoms with Gasteiger partial charge in [0, 0.05) is 32.3 Å². The highest BCUT2D eigenvalue weighted by atomic mass is 32.2. The standard InChI is InChI=1S/C10H20N2O3S/c1-9-6-11-3-4-12(9)16(13,14)8-10-2-5-15-7-10/h9-11H,2-8H2,1H3/t9-,10?/m1/s1. The van der Waals surface area contributed by atoms with E-state index in [-0.39, 0.29) is 17.7 Å². The van der Waals surface area contributed by atoms with Crippen LogP contribution in [0.3, 0.4) is 0 Å². The summed E-state index contributed by atoms with van der Waals surface area (Å²) in [5, 5.41) is 3.20. The molecule has 1 unspecified atom stereocenters. The summed E-state index contributed by atoms with van der Waals surface area (Å²) in [6.07, 6.45) is 0.875. The number of hydrogen-bond donors (Lipinski definition) is 1. The maximum atomic E-state index is 12.2. The fourth-order valence-electron chi connectivity index (χ4n) is 2.34. The van der Waals surface area contributed by atoms with Crippen LogP contribution in [0.15, 0.2) is 0 Å². The summed E-state index contributed by atoms with van der Waals surface area (Å²) in [5.41, 5.74) is 0. The Morgan fingerprint density at radius 1 is 1.50 bits per heavy atom. The van der Waals surface area contributed by atoms with Crippen LogP contribution in [0.4, 0.5) is 0 Å². The minimum atomic E-state index is -3.10. The van der Waals surface area contributed by atoms with Gasteiger partial charge in [-0.1, -0.05) is 0 Å². The molecule has 2 fully saturated rings. The highest BCUT2D eigenvalue weighted by Gasteiger charge is 2.32. The second-order valence-electron chi connectivity index (χ2n) is 4.67. The zero-order valence-corrected chi connectivity index (χ0v) is 10.5. The smallest absolute Gasteiger partial charge is 0.214 e. The lowest BCUT2D eigenvalue weighted by atomic mass is 10.2. The van der Waals surface area contributed by atoms with Crippen LogP contribution in [0.5, 0.6) is 0 Å². The van der Waals surface area contributed by atoms with Gasteiger partial charge in [0.2, 0.25) is 10.0 Å². The van der Waals surface area contributed by atoms with Crippen LogP contribution >= 0.6 is 0 Å². The normalized spacial score (nSPS) is 33.1. The van der Waals surface area contributed by atoms with Gasteiger partial charge in [0.05, 0.1) is 12.4 Å². The van der Waals surface area contributed by atoms with Crippen LogP contribution in [0.25, 0.3) is 0 Å². The number of piperazine rings is 1. The van der Waals surface area contributed by atoms with Gasteiger partial charge in [-0.25, -0.2) is 8.42 Å². The second-order valence-corrected chi connectivity index (χ2v) is 6.64. The van der Waals surface area contributed by atoms with Gasteiger partial charge in [-0.3, -0.25) is 0 Å². The third-order valence-electron chi connectivity index (χ3n) is 3.27. The van der Waals surface area contributed by atoms with Gasteiger partial charge in [-0.2, -0.15) is 4.31 Å². The molecule has 1 N–H and O–H groups in total. The molecule has 94 valence electrons. The van der Waals surface area contributed by atoms with E-state index in [1.807, 2.05) is 6.92 Å². The molecule has 2 heterocycles. The van der Waals surface area contributed by atoms with Gasteiger partial charge >= 0.3 is 0 Å². The Morgan fingerprint density at radius 2 is 2.31 bits per heavy atom. The lowest BCUT2D eigenvalue weighted by molar-refractivity contribution is 0.188. The maximum Gasteiger partial charge on any atom is 0.214 e. The van der Waals surface area contributed by atoms with Crippen LogP contribution < -0.4 is 5.32 Å². The molecule has 0 aliphatic carbocycles. The van der Waals surface area contributed by atoms with E-state index in [4.69, 9.17) is 4.74 Å². The number of rotatable bonds is 3. The Balaban J connectivity index is 1.99. The van der Waals surface area contributed by atoms with Gasteiger partial charge in [-0.05, 0) is 19.3 Å². The third kappa shape index (κ3) is 2.74. The summed E-state index contributed by atoms with van der Waals surface area (Å²) in [4.78, 5) is 0. The molecule has 0 amide bonds. The number of sulfonamides is 1. The van der Waals surface area contributed by atoms with Crippen molar-refractivity contribution < 1.29 is 13.2 Å². The van der Waals surface area contributed by atoms with Crippen LogP contribution in [0.2, 0.25) is 0 Å². The number of ether oxygens (including phenoxy) is 1. The summed E-state index contributed by atoms with van der Waals surface area (Å²) in [6, 6.07) is 0.0704. The lowest BCUT2D eigenvalue weighted by Gasteiger charge is -2.33. The Morgan fingerprint density at radius 3 is 2.94 bits per heavy atom. The molecule has 2 rings (SSSR count). The molecule has 0 radical (unpaired) electrons. The summed E-state index contributed by atoms with van der Waals surface area (Å²) < 4.78 is 31.3. The predicted octanol–water partition coefficient (Wildman–Crippen LogP) is -0.354. The van der Waals surface area contributed by atoms with E-state index in [9.17, 15) is 8.42 Å². The van der Waals surface area contributed by atoms with Crippen molar-refractivity contribution in [1.82, 2.24) is 9.62 Å². The second kappa shape index (κ2) is 5.00. The molecule has 6 heteroatoms. The van der Waals surface area contributed by atoms with Crippen LogP contribution in [-0.4, -0.2) is 57.4 Å². The molecule has 0 spiro atoms. The van der Waals surface area contributed by atoms with E-state index in [0.29, 0.717) is 19.8 Å². The topological polar surface area (TPSA) is 58.6 Å². The Kier molecular flexibility index (Phi) is 3.84. The first-order valence-electron chi connectivity index (χ1n) is 5.87. The molecule has 0 saturated carbocycles. The molecule has 0 aromatic heterocycles. The van der Waals surface area contributed by atoms with Gasteiger partial charge in [-0.15, -0.1) is 0 Å². The first kappa shape index (κ1) is 12.3. The van der Waals surface area contributed by atoms with Crippen molar-refractivity contribution in [2.75, 3.05) is 38.6 Å². The van der Waals surface area contributed by atoms with Crippen molar-refractivity contribution in [1.29, 1.82) is 0 Å². The van der Waals surface area contributed by atoms with Crippen molar-refractivity contribution in [3.05, 3.63) is 0 Å². The summed E-state index contributed by atoms with van der Waals surface area (Å²) >= 11 is 0. The van der Waals surface area contributed by atoms with E-state index in [1.165, 1.54) is 0 Å². The van der Waals surface area contributed by atoms with Crippen molar-refractivity contribution in [2.24, 2.45) is 5.92 Å². The monoisotopic (exact) mass is 248 g/mol. The average Bonchev–Trinajstić information content (AvgIpc) is 2.70. The van der Waals surface area contributed by atoms with Crippen molar-refractivity contribution >= 4 is 10.0 Å². The summed E-state index contributed by atoms with van der Waals surface area (Å²) in [6.45, 7) is 5.36. The van der Waals surface area contributed by atoms with Crippen LogP contribution in [0.1, 0.15) is 13.3 Å². The first-order valence-corrected chi connectivity index (χ1v) is 7.48. The average molecular weight is 248 g/mol. The van der Waals surface area contributed by atoms with E-state index in [1.54, 1.807) is 4.31 Å². The zero-order valence-electron chi connectivity index (χ0n) is 9.68. The van der Waals surface area contributed by atoms with Crippen molar-refractivity contribution in [2.45, 2.75) is 19.4 Å². The fourth-order valence-corrected chi connectivity index (χ4v) is 4.39. The van der Waals surface area contributed by atoms with Gasteiger partial charge < -0.3 is 10.1 Å². The van der Waals surface area contributed by atoms with E-state index >= 15 is 0 Å². The van der Waals surface area contributed by atoms with Crippen LogP contribution in [-0.2, 0) is 14.8 Å². The first-order chi connectivity index (χ1) is 7.59. The van der Waals surface area contributed by atoms with Gasteiger partial charge in [0.25, 0.3) is 0 Å². The Hall–Kier alpha value is -0.170. The largest absolute Gasteiger partial charge is 0.381 e. The minimum absolute atomic E-state index is 0.0704. The predicted molar refractivity (Wildman–Crippen MR) is 61.8 cm³/mol. The molecule has 0 bridgehead atoms. The molecule has 16 heavy (non-hydrogen) atoms. The quantitative estimate of drug-likeness (QED) is 0.741. The Bertz CT molecular complexity index is 325. The van der Waals surface area contributed by atoms with Gasteiger partial charge in [0.1, 0.15) is 0 Å². The SMILES string of the molecule is C[C@@H]1CNCCN1S(=O)(=O)CC1CCOC1. The molecular weight excluding hydrogens is 228 g/mol. The summed E-state index contributed by atoms with van der Waals surface area (Å²) in [7, 11) is -3.10. The van der Waals surface area contributed by atoms with E-state index in [0.717, 1.165) is 19.5 Å². The number of hydrogen-bond acceptors (Lipinski definition) is 4. The van der Waals surface area contributed by atoms with Crippen molar-refractivity contribution in [3.63, 3.8) is 0 Å².